The van der Waals surface area contributed by atoms with E-state index in [-0.39, 0.29) is 12.1 Å². The number of hydrogen-bond donors (Lipinski definition) is 0. The van der Waals surface area contributed by atoms with Crippen LogP contribution in [0.2, 0.25) is 0 Å². The molecule has 1 aliphatic rings. The minimum absolute atomic E-state index is 0.0784. The number of ether oxygens (including phenoxy) is 1. The predicted molar refractivity (Wildman–Crippen MR) is 75.3 cm³/mol. The number of allylic oxidation sites excluding steroid dienone is 5. The molecular weight excluding hydrogens is 224 g/mol. The van der Waals surface area contributed by atoms with E-state index in [0.29, 0.717) is 6.42 Å². The number of carbonyl (C=O) groups is 1. The first-order chi connectivity index (χ1) is 8.79. The molecule has 2 heteroatoms. The van der Waals surface area contributed by atoms with E-state index >= 15 is 0 Å². The van der Waals surface area contributed by atoms with Crippen molar-refractivity contribution in [3.8, 4) is 0 Å². The summed E-state index contributed by atoms with van der Waals surface area (Å²) in [5, 5.41) is 0. The lowest BCUT2D eigenvalue weighted by Crippen LogP contribution is -2.12. The summed E-state index contributed by atoms with van der Waals surface area (Å²) in [5.74, 6) is -0.0784. The molecule has 1 aliphatic heterocycles. The molecule has 0 aromatic rings. The second-order valence-corrected chi connectivity index (χ2v) is 4.64. The third-order valence-electron chi connectivity index (χ3n) is 2.85. The molecule has 0 fully saturated rings. The van der Waals surface area contributed by atoms with Gasteiger partial charge >= 0.3 is 5.97 Å². The first-order valence-electron chi connectivity index (χ1n) is 6.95. The van der Waals surface area contributed by atoms with Crippen LogP contribution in [0.3, 0.4) is 0 Å². The largest absolute Gasteiger partial charge is 0.458 e. The number of carbonyl (C=O) groups excluding carboxylic acids is 1. The molecule has 0 saturated carbocycles. The van der Waals surface area contributed by atoms with Crippen molar-refractivity contribution in [1.29, 1.82) is 0 Å². The van der Waals surface area contributed by atoms with Crippen molar-refractivity contribution in [2.45, 2.75) is 58.0 Å². The molecule has 1 heterocycles. The van der Waals surface area contributed by atoms with Crippen molar-refractivity contribution in [2.75, 3.05) is 0 Å². The van der Waals surface area contributed by atoms with Crippen molar-refractivity contribution in [1.82, 2.24) is 0 Å². The molecule has 0 spiro atoms. The highest BCUT2D eigenvalue weighted by molar-refractivity contribution is 5.69. The van der Waals surface area contributed by atoms with E-state index in [1.165, 1.54) is 0 Å². The van der Waals surface area contributed by atoms with Crippen LogP contribution in [0.4, 0.5) is 0 Å². The minimum Gasteiger partial charge on any atom is -0.458 e. The second kappa shape index (κ2) is 9.69. The van der Waals surface area contributed by atoms with E-state index in [4.69, 9.17) is 4.74 Å². The maximum Gasteiger partial charge on any atom is 0.306 e. The highest BCUT2D eigenvalue weighted by atomic mass is 16.5. The van der Waals surface area contributed by atoms with Crippen LogP contribution in [-0.4, -0.2) is 12.1 Å². The van der Waals surface area contributed by atoms with E-state index < -0.39 is 0 Å². The van der Waals surface area contributed by atoms with Crippen molar-refractivity contribution in [3.05, 3.63) is 36.5 Å². The zero-order valence-corrected chi connectivity index (χ0v) is 11.3. The Morgan fingerprint density at radius 3 is 2.56 bits per heavy atom. The molecule has 1 atom stereocenters. The van der Waals surface area contributed by atoms with E-state index in [0.717, 1.165) is 38.5 Å². The van der Waals surface area contributed by atoms with E-state index in [9.17, 15) is 4.79 Å². The van der Waals surface area contributed by atoms with Crippen molar-refractivity contribution in [2.24, 2.45) is 0 Å². The van der Waals surface area contributed by atoms with Gasteiger partial charge in [0.05, 0.1) is 0 Å². The Hall–Kier alpha value is -1.31. The van der Waals surface area contributed by atoms with Crippen molar-refractivity contribution < 1.29 is 9.53 Å². The summed E-state index contributed by atoms with van der Waals surface area (Å²) in [6, 6.07) is 0. The van der Waals surface area contributed by atoms with Crippen LogP contribution >= 0.6 is 0 Å². The van der Waals surface area contributed by atoms with Crippen LogP contribution < -0.4 is 0 Å². The number of esters is 1. The van der Waals surface area contributed by atoms with Gasteiger partial charge in [-0.2, -0.15) is 0 Å². The zero-order chi connectivity index (χ0) is 13.1. The lowest BCUT2D eigenvalue weighted by molar-refractivity contribution is -0.146. The highest BCUT2D eigenvalue weighted by Crippen LogP contribution is 2.07. The summed E-state index contributed by atoms with van der Waals surface area (Å²) < 4.78 is 5.29. The Kier molecular flexibility index (Phi) is 7.94. The zero-order valence-electron chi connectivity index (χ0n) is 11.3. The highest BCUT2D eigenvalue weighted by Gasteiger charge is 2.05. The number of hydrogen-bond acceptors (Lipinski definition) is 2. The van der Waals surface area contributed by atoms with Crippen molar-refractivity contribution >= 4 is 5.97 Å². The predicted octanol–water partition coefficient (Wildman–Crippen LogP) is 4.33. The summed E-state index contributed by atoms with van der Waals surface area (Å²) in [6.45, 7) is 1.91. The van der Waals surface area contributed by atoms with Gasteiger partial charge in [0.2, 0.25) is 0 Å². The summed E-state index contributed by atoms with van der Waals surface area (Å²) in [6.07, 6.45) is 19.4. The second-order valence-electron chi connectivity index (χ2n) is 4.64. The maximum atomic E-state index is 11.5. The topological polar surface area (TPSA) is 26.3 Å². The molecule has 18 heavy (non-hydrogen) atoms. The molecule has 100 valence electrons. The average molecular weight is 248 g/mol. The molecule has 1 rings (SSSR count). The maximum absolute atomic E-state index is 11.5. The van der Waals surface area contributed by atoms with Crippen LogP contribution in [0.15, 0.2) is 36.5 Å². The van der Waals surface area contributed by atoms with Gasteiger partial charge < -0.3 is 4.74 Å². The molecule has 1 unspecified atom stereocenters. The Morgan fingerprint density at radius 2 is 1.72 bits per heavy atom. The third-order valence-corrected chi connectivity index (χ3v) is 2.85. The molecule has 0 aromatic heterocycles. The SMILES string of the molecule is CC1/C=C\C/C=C\C/C=C\CCCCCC(=O)O1. The molecule has 0 N–H and O–H groups in total. The van der Waals surface area contributed by atoms with Crippen LogP contribution in [0.1, 0.15) is 51.9 Å². The summed E-state index contributed by atoms with van der Waals surface area (Å²) >= 11 is 0. The molecule has 0 aliphatic carbocycles. The van der Waals surface area contributed by atoms with Gasteiger partial charge in [-0.05, 0) is 45.1 Å². The quantitative estimate of drug-likeness (QED) is 0.471. The first-order valence-corrected chi connectivity index (χ1v) is 6.95. The molecule has 0 aromatic carbocycles. The van der Waals surface area contributed by atoms with E-state index in [1.807, 2.05) is 19.1 Å². The van der Waals surface area contributed by atoms with Gasteiger partial charge in [0, 0.05) is 6.42 Å². The Labute approximate surface area is 110 Å². The molecule has 0 radical (unpaired) electrons. The van der Waals surface area contributed by atoms with E-state index in [1.54, 1.807) is 0 Å². The fourth-order valence-electron chi connectivity index (χ4n) is 1.85. The number of rotatable bonds is 0. The van der Waals surface area contributed by atoms with Crippen LogP contribution in [0.25, 0.3) is 0 Å². The Bertz CT molecular complexity index is 313. The third kappa shape index (κ3) is 7.88. The van der Waals surface area contributed by atoms with Gasteiger partial charge in [0.25, 0.3) is 0 Å². The van der Waals surface area contributed by atoms with Gasteiger partial charge in [-0.3, -0.25) is 4.79 Å². The smallest absolute Gasteiger partial charge is 0.306 e. The summed E-state index contributed by atoms with van der Waals surface area (Å²) in [4.78, 5) is 11.5. The fraction of sp³-hybridized carbons (Fsp3) is 0.562. The van der Waals surface area contributed by atoms with Crippen LogP contribution in [0, 0.1) is 0 Å². The summed E-state index contributed by atoms with van der Waals surface area (Å²) in [7, 11) is 0. The van der Waals surface area contributed by atoms with Crippen LogP contribution in [-0.2, 0) is 9.53 Å². The molecule has 2 nitrogen and oxygen atoms in total. The van der Waals surface area contributed by atoms with Crippen molar-refractivity contribution in [3.63, 3.8) is 0 Å². The summed E-state index contributed by atoms with van der Waals surface area (Å²) in [5.41, 5.74) is 0. The molecule has 0 saturated heterocycles. The van der Waals surface area contributed by atoms with Gasteiger partial charge in [0.1, 0.15) is 6.10 Å². The average Bonchev–Trinajstić information content (AvgIpc) is 2.33. The monoisotopic (exact) mass is 248 g/mol. The minimum atomic E-state index is -0.112. The van der Waals surface area contributed by atoms with Crippen LogP contribution in [0.5, 0.6) is 0 Å². The lowest BCUT2D eigenvalue weighted by atomic mass is 10.1. The molecule has 0 bridgehead atoms. The van der Waals surface area contributed by atoms with Gasteiger partial charge in [0.15, 0.2) is 0 Å². The normalized spacial score (nSPS) is 29.2. The fourth-order valence-corrected chi connectivity index (χ4v) is 1.85. The molecule has 0 amide bonds. The molecular formula is C16H24O2. The lowest BCUT2D eigenvalue weighted by Gasteiger charge is -2.08. The van der Waals surface area contributed by atoms with E-state index in [2.05, 4.69) is 24.3 Å². The standard InChI is InChI=1S/C16H24O2/c1-15-13-11-9-7-5-3-2-4-6-8-10-12-14-16(17)18-15/h2,4-5,7,11,13,15H,3,6,8-10,12,14H2,1H3/b4-2-,7-5-,13-11-. The van der Waals surface area contributed by atoms with Gasteiger partial charge in [-0.15, -0.1) is 0 Å². The first kappa shape index (κ1) is 14.7. The van der Waals surface area contributed by atoms with Gasteiger partial charge in [-0.25, -0.2) is 0 Å². The Morgan fingerprint density at radius 1 is 1.00 bits per heavy atom. The van der Waals surface area contributed by atoms with Gasteiger partial charge in [-0.1, -0.05) is 36.8 Å². The Balaban J connectivity index is 2.43. The number of cyclic esters (lactones) is 1.